The van der Waals surface area contributed by atoms with Crippen molar-refractivity contribution in [1.82, 2.24) is 15.0 Å². The Morgan fingerprint density at radius 1 is 1.38 bits per heavy atom. The number of benzene rings is 1. The molecule has 1 aliphatic rings. The first-order chi connectivity index (χ1) is 13.3. The van der Waals surface area contributed by atoms with Crippen molar-refractivity contribution in [2.24, 2.45) is 5.92 Å². The van der Waals surface area contributed by atoms with Crippen LogP contribution in [0, 0.1) is 5.92 Å². The summed E-state index contributed by atoms with van der Waals surface area (Å²) in [6.45, 7) is 0.991. The molecule has 1 unspecified atom stereocenters. The van der Waals surface area contributed by atoms with E-state index in [1.165, 1.54) is 10.8 Å². The number of aliphatic hydroxyl groups is 3. The maximum atomic E-state index is 11.4. The van der Waals surface area contributed by atoms with Crippen molar-refractivity contribution in [3.05, 3.63) is 47.3 Å². The first-order valence-corrected chi connectivity index (χ1v) is 8.94. The summed E-state index contributed by atoms with van der Waals surface area (Å²) in [5.74, 6) is -2.58. The molecular formula is C18H19ClN3NaO6. The number of carboxylic acids is 1. The second-order valence-corrected chi connectivity index (χ2v) is 6.96. The number of aromatic nitrogens is 3. The molecule has 1 aromatic carbocycles. The van der Waals surface area contributed by atoms with Gasteiger partial charge < -0.3 is 30.0 Å². The minimum atomic E-state index is -1.57. The van der Waals surface area contributed by atoms with Gasteiger partial charge in [0, 0.05) is 11.5 Å². The van der Waals surface area contributed by atoms with Crippen LogP contribution in [0.5, 0.6) is 0 Å². The summed E-state index contributed by atoms with van der Waals surface area (Å²) in [7, 11) is 0. The molecule has 0 amide bonds. The Balaban J connectivity index is 0.00000300. The van der Waals surface area contributed by atoms with Crippen molar-refractivity contribution in [2.45, 2.75) is 31.3 Å². The van der Waals surface area contributed by atoms with Gasteiger partial charge in [-0.1, -0.05) is 41.9 Å². The molecule has 1 aliphatic heterocycles. The molecule has 0 radical (unpaired) electrons. The maximum Gasteiger partial charge on any atom is 1.00 e. The van der Waals surface area contributed by atoms with E-state index in [9.17, 15) is 20.1 Å². The molecule has 1 aromatic heterocycles. The molecular weight excluding hydrogens is 413 g/mol. The summed E-state index contributed by atoms with van der Waals surface area (Å²) in [5.41, 5.74) is 1.15. The number of rotatable bonds is 6. The van der Waals surface area contributed by atoms with Crippen LogP contribution in [0.2, 0.25) is 5.02 Å². The number of carbonyl (C=O) groups is 1. The van der Waals surface area contributed by atoms with Crippen LogP contribution < -0.4 is 34.7 Å². The van der Waals surface area contributed by atoms with E-state index in [0.717, 1.165) is 0 Å². The molecule has 9 nitrogen and oxygen atoms in total. The molecule has 0 saturated heterocycles. The van der Waals surface area contributed by atoms with E-state index in [1.807, 2.05) is 0 Å². The third-order valence-electron chi connectivity index (χ3n) is 4.73. The summed E-state index contributed by atoms with van der Waals surface area (Å²) in [6.07, 6.45) is -1.22. The summed E-state index contributed by atoms with van der Waals surface area (Å²) in [5, 5.41) is 49.1. The SMILES string of the molecule is C[C@H]1[C@H]([C@H](O)C(O)CO)OC(C(=O)[O-])=C[C@@H]1n1cc(-c2ccccc2Cl)nn1.[Na+]. The molecule has 150 valence electrons. The molecule has 0 saturated carbocycles. The van der Waals surface area contributed by atoms with E-state index in [4.69, 9.17) is 21.4 Å². The van der Waals surface area contributed by atoms with Gasteiger partial charge in [0.2, 0.25) is 0 Å². The summed E-state index contributed by atoms with van der Waals surface area (Å²) in [6, 6.07) is 6.41. The standard InChI is InChI=1S/C18H20ClN3O6.Na/c1-9-13(6-15(18(26)27)28-17(9)16(25)14(24)8-23)22-7-12(20-21-22)10-4-2-3-5-11(10)19;/h2-7,9,13-14,16-17,23-25H,8H2,1H3,(H,26,27);/q;+1/p-1/t9-,13+,14?,16-,17-;/m1./s1. The molecule has 2 heterocycles. The van der Waals surface area contributed by atoms with Gasteiger partial charge in [0.1, 0.15) is 35.7 Å². The number of nitrogens with zero attached hydrogens (tertiary/aromatic N) is 3. The predicted octanol–water partition coefficient (Wildman–Crippen LogP) is -3.47. The molecule has 0 spiro atoms. The van der Waals surface area contributed by atoms with Crippen molar-refractivity contribution in [3.8, 4) is 11.3 Å². The predicted molar refractivity (Wildman–Crippen MR) is 95.7 cm³/mol. The number of hydrogen-bond donors (Lipinski definition) is 3. The zero-order chi connectivity index (χ0) is 20.4. The van der Waals surface area contributed by atoms with Crippen LogP contribution in [0.25, 0.3) is 11.3 Å². The monoisotopic (exact) mass is 431 g/mol. The number of carbonyl (C=O) groups excluding carboxylic acids is 1. The Morgan fingerprint density at radius 3 is 2.69 bits per heavy atom. The van der Waals surface area contributed by atoms with Gasteiger partial charge in [-0.25, -0.2) is 4.68 Å². The van der Waals surface area contributed by atoms with Crippen LogP contribution in [0.3, 0.4) is 0 Å². The van der Waals surface area contributed by atoms with Gasteiger partial charge in [0.05, 0.1) is 23.9 Å². The molecule has 3 N–H and O–H groups in total. The first kappa shape index (κ1) is 23.8. The van der Waals surface area contributed by atoms with Crippen LogP contribution in [0.1, 0.15) is 13.0 Å². The molecule has 0 fully saturated rings. The van der Waals surface area contributed by atoms with Crippen LogP contribution >= 0.6 is 11.6 Å². The van der Waals surface area contributed by atoms with Crippen LogP contribution in [0.4, 0.5) is 0 Å². The number of carboxylic acid groups (broad SMARTS) is 1. The topological polar surface area (TPSA) is 141 Å². The van der Waals surface area contributed by atoms with E-state index in [1.54, 1.807) is 37.4 Å². The largest absolute Gasteiger partial charge is 1.00 e. The number of aliphatic hydroxyl groups excluding tert-OH is 3. The summed E-state index contributed by atoms with van der Waals surface area (Å²) in [4.78, 5) is 11.4. The second-order valence-electron chi connectivity index (χ2n) is 6.55. The van der Waals surface area contributed by atoms with Crippen LogP contribution in [-0.4, -0.2) is 61.2 Å². The quantitative estimate of drug-likeness (QED) is 0.401. The van der Waals surface area contributed by atoms with Crippen LogP contribution in [-0.2, 0) is 9.53 Å². The van der Waals surface area contributed by atoms with Gasteiger partial charge in [0.15, 0.2) is 0 Å². The zero-order valence-corrected chi connectivity index (χ0v) is 18.6. The fourth-order valence-electron chi connectivity index (χ4n) is 3.15. The average Bonchev–Trinajstić information content (AvgIpc) is 3.16. The van der Waals surface area contributed by atoms with E-state index in [2.05, 4.69) is 10.3 Å². The van der Waals surface area contributed by atoms with Crippen molar-refractivity contribution in [2.75, 3.05) is 6.61 Å². The second kappa shape index (κ2) is 10.0. The Morgan fingerprint density at radius 2 is 2.07 bits per heavy atom. The van der Waals surface area contributed by atoms with Gasteiger partial charge in [-0.05, 0) is 12.1 Å². The molecule has 29 heavy (non-hydrogen) atoms. The van der Waals surface area contributed by atoms with Gasteiger partial charge in [0.25, 0.3) is 0 Å². The number of ether oxygens (including phenoxy) is 1. The average molecular weight is 432 g/mol. The molecule has 3 rings (SSSR count). The van der Waals surface area contributed by atoms with Crippen molar-refractivity contribution >= 4 is 17.6 Å². The van der Waals surface area contributed by atoms with Crippen LogP contribution in [0.15, 0.2) is 42.3 Å². The number of aliphatic carboxylic acids is 1. The van der Waals surface area contributed by atoms with Crippen molar-refractivity contribution in [1.29, 1.82) is 0 Å². The van der Waals surface area contributed by atoms with Crippen molar-refractivity contribution in [3.63, 3.8) is 0 Å². The van der Waals surface area contributed by atoms with E-state index in [0.29, 0.717) is 16.3 Å². The minimum Gasteiger partial charge on any atom is -0.542 e. The third kappa shape index (κ3) is 5.00. The fourth-order valence-corrected chi connectivity index (χ4v) is 3.38. The number of halogens is 1. The Bertz CT molecular complexity index is 892. The van der Waals surface area contributed by atoms with Crippen molar-refractivity contribution < 1.29 is 59.5 Å². The Labute approximate surface area is 193 Å². The van der Waals surface area contributed by atoms with Gasteiger partial charge in [-0.3, -0.25) is 0 Å². The zero-order valence-electron chi connectivity index (χ0n) is 15.8. The molecule has 11 heteroatoms. The normalized spacial score (nSPS) is 23.3. The molecule has 5 atom stereocenters. The third-order valence-corrected chi connectivity index (χ3v) is 5.06. The Kier molecular flexibility index (Phi) is 8.24. The summed E-state index contributed by atoms with van der Waals surface area (Å²) >= 11 is 6.18. The van der Waals surface area contributed by atoms with Gasteiger partial charge in [-0.2, -0.15) is 0 Å². The Hall–Kier alpha value is -1.46. The number of allylic oxidation sites excluding steroid dienone is 1. The van der Waals surface area contributed by atoms with E-state index < -0.39 is 48.6 Å². The fraction of sp³-hybridized carbons (Fsp3) is 0.389. The molecule has 2 aromatic rings. The van der Waals surface area contributed by atoms with Gasteiger partial charge in [-0.15, -0.1) is 5.10 Å². The molecule has 0 aliphatic carbocycles. The first-order valence-electron chi connectivity index (χ1n) is 8.57. The molecule has 0 bridgehead atoms. The maximum absolute atomic E-state index is 11.4. The number of hydrogen-bond acceptors (Lipinski definition) is 8. The summed E-state index contributed by atoms with van der Waals surface area (Å²) < 4.78 is 6.73. The minimum absolute atomic E-state index is 0. The smallest absolute Gasteiger partial charge is 0.542 e. The van der Waals surface area contributed by atoms with Gasteiger partial charge >= 0.3 is 29.6 Å². The van der Waals surface area contributed by atoms with E-state index in [-0.39, 0.29) is 29.6 Å². The van der Waals surface area contributed by atoms with E-state index >= 15 is 0 Å².